The molecule has 0 aromatic heterocycles. The van der Waals surface area contributed by atoms with Crippen LogP contribution >= 0.6 is 0 Å². The molecule has 0 radical (unpaired) electrons. The maximum absolute atomic E-state index is 2.50. The lowest BCUT2D eigenvalue weighted by Gasteiger charge is -2.18. The molecule has 2 rings (SSSR count). The molecule has 0 nitrogen and oxygen atoms in total. The van der Waals surface area contributed by atoms with E-state index in [4.69, 9.17) is 0 Å². The smallest absolute Gasteiger partial charge is 0.0171 e. The van der Waals surface area contributed by atoms with E-state index in [1.807, 2.05) is 0 Å². The van der Waals surface area contributed by atoms with Gasteiger partial charge in [0, 0.05) is 0 Å². The number of allylic oxidation sites excluding steroid dienone is 4. The van der Waals surface area contributed by atoms with Crippen molar-refractivity contribution in [1.29, 1.82) is 0 Å². The Hall–Kier alpha value is -0.520. The Bertz CT molecular complexity index is 310. The highest BCUT2D eigenvalue weighted by atomic mass is 14.4. The van der Waals surface area contributed by atoms with Crippen LogP contribution in [0, 0.1) is 17.8 Å². The first-order valence-corrected chi connectivity index (χ1v) is 8.69. The molecule has 3 unspecified atom stereocenters. The van der Waals surface area contributed by atoms with Gasteiger partial charge in [0.25, 0.3) is 0 Å². The van der Waals surface area contributed by atoms with Crippen molar-refractivity contribution >= 4 is 0 Å². The first-order valence-electron chi connectivity index (χ1n) is 8.69. The Morgan fingerprint density at radius 3 is 2.84 bits per heavy atom. The van der Waals surface area contributed by atoms with Crippen molar-refractivity contribution < 1.29 is 0 Å². The zero-order valence-corrected chi connectivity index (χ0v) is 13.0. The molecule has 0 aromatic carbocycles. The van der Waals surface area contributed by atoms with Gasteiger partial charge < -0.3 is 0 Å². The SMILES string of the molecule is CCCCC1CC(C)C2CCCCCC/C=C/C=C12. The van der Waals surface area contributed by atoms with Crippen LogP contribution in [0.25, 0.3) is 0 Å². The molecule has 1 fully saturated rings. The van der Waals surface area contributed by atoms with Gasteiger partial charge in [-0.2, -0.15) is 0 Å². The third-order valence-corrected chi connectivity index (χ3v) is 5.21. The van der Waals surface area contributed by atoms with Crippen molar-refractivity contribution in [3.63, 3.8) is 0 Å². The topological polar surface area (TPSA) is 0 Å². The zero-order chi connectivity index (χ0) is 13.5. The predicted molar refractivity (Wildman–Crippen MR) is 85.2 cm³/mol. The second kappa shape index (κ2) is 7.92. The van der Waals surface area contributed by atoms with Crippen LogP contribution in [0.5, 0.6) is 0 Å². The molecule has 1 saturated carbocycles. The average molecular weight is 260 g/mol. The van der Waals surface area contributed by atoms with Crippen molar-refractivity contribution in [1.82, 2.24) is 0 Å². The fourth-order valence-electron chi connectivity index (χ4n) is 4.08. The van der Waals surface area contributed by atoms with Crippen molar-refractivity contribution in [3.05, 3.63) is 23.8 Å². The van der Waals surface area contributed by atoms with E-state index in [1.165, 1.54) is 64.2 Å². The predicted octanol–water partition coefficient (Wildman–Crippen LogP) is 6.29. The summed E-state index contributed by atoms with van der Waals surface area (Å²) < 4.78 is 0. The molecule has 0 N–H and O–H groups in total. The van der Waals surface area contributed by atoms with Gasteiger partial charge in [-0.25, -0.2) is 0 Å². The summed E-state index contributed by atoms with van der Waals surface area (Å²) in [4.78, 5) is 0. The zero-order valence-electron chi connectivity index (χ0n) is 13.0. The summed E-state index contributed by atoms with van der Waals surface area (Å²) in [5.41, 5.74) is 1.80. The van der Waals surface area contributed by atoms with Crippen LogP contribution in [0.15, 0.2) is 23.8 Å². The molecule has 2 aliphatic rings. The lowest BCUT2D eigenvalue weighted by molar-refractivity contribution is 0.405. The van der Waals surface area contributed by atoms with E-state index in [1.54, 1.807) is 5.57 Å². The average Bonchev–Trinajstić information content (AvgIpc) is 2.68. The normalized spacial score (nSPS) is 34.2. The second-order valence-corrected chi connectivity index (χ2v) is 6.75. The minimum absolute atomic E-state index is 0.893. The quantitative estimate of drug-likeness (QED) is 0.559. The van der Waals surface area contributed by atoms with E-state index >= 15 is 0 Å². The summed E-state index contributed by atoms with van der Waals surface area (Å²) >= 11 is 0. The van der Waals surface area contributed by atoms with Crippen molar-refractivity contribution in [3.8, 4) is 0 Å². The van der Waals surface area contributed by atoms with Gasteiger partial charge in [-0.05, 0) is 49.9 Å². The van der Waals surface area contributed by atoms with Crippen LogP contribution in [-0.2, 0) is 0 Å². The molecule has 3 atom stereocenters. The van der Waals surface area contributed by atoms with Crippen molar-refractivity contribution in [2.45, 2.75) is 78.1 Å². The summed E-state index contributed by atoms with van der Waals surface area (Å²) in [6.07, 6.45) is 21.3. The first-order chi connectivity index (χ1) is 9.33. The molecule has 0 heterocycles. The van der Waals surface area contributed by atoms with Gasteiger partial charge in [0.05, 0.1) is 0 Å². The fraction of sp³-hybridized carbons (Fsp3) is 0.789. The van der Waals surface area contributed by atoms with Gasteiger partial charge >= 0.3 is 0 Å². The third kappa shape index (κ3) is 4.23. The van der Waals surface area contributed by atoms with Gasteiger partial charge in [-0.15, -0.1) is 0 Å². The minimum Gasteiger partial charge on any atom is -0.0845 e. The standard InChI is InChI=1S/C19H32/c1-3-4-12-17-15-16(2)18-13-10-8-6-5-7-9-11-14-19(17)18/h9,11,14,16-18H,3-8,10,12-13,15H2,1-2H3/b11-9+,19-14?. The van der Waals surface area contributed by atoms with Crippen LogP contribution in [0.3, 0.4) is 0 Å². The van der Waals surface area contributed by atoms with E-state index in [9.17, 15) is 0 Å². The molecule has 0 heteroatoms. The van der Waals surface area contributed by atoms with E-state index in [2.05, 4.69) is 32.1 Å². The summed E-state index contributed by atoms with van der Waals surface area (Å²) in [5.74, 6) is 2.71. The number of rotatable bonds is 3. The Morgan fingerprint density at radius 2 is 2.00 bits per heavy atom. The molecule has 108 valence electrons. The second-order valence-electron chi connectivity index (χ2n) is 6.75. The number of fused-ring (bicyclic) bond motifs is 1. The Morgan fingerprint density at radius 1 is 1.16 bits per heavy atom. The molecular weight excluding hydrogens is 228 g/mol. The van der Waals surface area contributed by atoms with Gasteiger partial charge in [0.1, 0.15) is 0 Å². The number of unbranched alkanes of at least 4 members (excludes halogenated alkanes) is 1. The summed E-state index contributed by atoms with van der Waals surface area (Å²) in [5, 5.41) is 0. The first kappa shape index (κ1) is 14.9. The largest absolute Gasteiger partial charge is 0.0845 e. The van der Waals surface area contributed by atoms with Crippen LogP contribution in [0.4, 0.5) is 0 Å². The molecule has 0 spiro atoms. The van der Waals surface area contributed by atoms with Crippen LogP contribution < -0.4 is 0 Å². The molecule has 19 heavy (non-hydrogen) atoms. The van der Waals surface area contributed by atoms with E-state index in [0.29, 0.717) is 0 Å². The maximum atomic E-state index is 2.50. The molecule has 0 saturated heterocycles. The molecule has 0 aliphatic heterocycles. The summed E-state index contributed by atoms with van der Waals surface area (Å²) in [6, 6.07) is 0. The summed E-state index contributed by atoms with van der Waals surface area (Å²) in [7, 11) is 0. The molecule has 0 bridgehead atoms. The fourth-order valence-corrected chi connectivity index (χ4v) is 4.08. The minimum atomic E-state index is 0.893. The Balaban J connectivity index is 2.08. The highest BCUT2D eigenvalue weighted by Crippen LogP contribution is 2.45. The van der Waals surface area contributed by atoms with Crippen LogP contribution in [0.2, 0.25) is 0 Å². The monoisotopic (exact) mass is 260 g/mol. The number of hydrogen-bond acceptors (Lipinski definition) is 0. The highest BCUT2D eigenvalue weighted by Gasteiger charge is 2.34. The molecule has 0 aromatic rings. The third-order valence-electron chi connectivity index (χ3n) is 5.21. The number of hydrogen-bond donors (Lipinski definition) is 0. The summed E-state index contributed by atoms with van der Waals surface area (Å²) in [6.45, 7) is 4.81. The van der Waals surface area contributed by atoms with E-state index in [-0.39, 0.29) is 0 Å². The van der Waals surface area contributed by atoms with Gasteiger partial charge in [-0.3, -0.25) is 0 Å². The molecular formula is C19H32. The van der Waals surface area contributed by atoms with Gasteiger partial charge in [0.15, 0.2) is 0 Å². The lowest BCUT2D eigenvalue weighted by atomic mass is 9.87. The Labute approximate surface area is 120 Å². The highest BCUT2D eigenvalue weighted by molar-refractivity contribution is 5.23. The van der Waals surface area contributed by atoms with Crippen molar-refractivity contribution in [2.75, 3.05) is 0 Å². The lowest BCUT2D eigenvalue weighted by Crippen LogP contribution is -2.06. The van der Waals surface area contributed by atoms with Gasteiger partial charge in [0.2, 0.25) is 0 Å². The molecule has 0 amide bonds. The van der Waals surface area contributed by atoms with E-state index in [0.717, 1.165) is 17.8 Å². The maximum Gasteiger partial charge on any atom is -0.0171 e. The Kier molecular flexibility index (Phi) is 6.20. The van der Waals surface area contributed by atoms with Gasteiger partial charge in [-0.1, -0.05) is 69.8 Å². The van der Waals surface area contributed by atoms with Crippen LogP contribution in [-0.4, -0.2) is 0 Å². The van der Waals surface area contributed by atoms with E-state index < -0.39 is 0 Å². The van der Waals surface area contributed by atoms with Crippen LogP contribution in [0.1, 0.15) is 78.1 Å². The van der Waals surface area contributed by atoms with Crippen molar-refractivity contribution in [2.24, 2.45) is 17.8 Å². The molecule has 2 aliphatic carbocycles.